The summed E-state index contributed by atoms with van der Waals surface area (Å²) in [5.41, 5.74) is 1.01. The summed E-state index contributed by atoms with van der Waals surface area (Å²) in [6.45, 7) is 9.29. The fourth-order valence-corrected chi connectivity index (χ4v) is 1.89. The van der Waals surface area contributed by atoms with Crippen LogP contribution in [0.4, 0.5) is 5.95 Å². The molecule has 0 bridgehead atoms. The Morgan fingerprint density at radius 3 is 2.89 bits per heavy atom. The van der Waals surface area contributed by atoms with Crippen molar-refractivity contribution in [3.05, 3.63) is 11.9 Å². The van der Waals surface area contributed by atoms with Gasteiger partial charge in [0.15, 0.2) is 0 Å². The molecule has 1 N–H and O–H groups in total. The standard InChI is InChI=1S/C14H27N3O2/c1-5-6-8-19-9-7-15-14-16-12(2)10-17(14)13(3)11-18-4/h10,13H,5-9,11H2,1-4H3,(H,15,16). The van der Waals surface area contributed by atoms with Crippen LogP contribution in [0.25, 0.3) is 0 Å². The maximum absolute atomic E-state index is 5.53. The Morgan fingerprint density at radius 2 is 2.21 bits per heavy atom. The van der Waals surface area contributed by atoms with Crippen molar-refractivity contribution in [3.8, 4) is 0 Å². The van der Waals surface area contributed by atoms with E-state index in [2.05, 4.69) is 28.7 Å². The number of hydrogen-bond acceptors (Lipinski definition) is 4. The highest BCUT2D eigenvalue weighted by Crippen LogP contribution is 2.15. The Kier molecular flexibility index (Phi) is 7.52. The van der Waals surface area contributed by atoms with Crippen LogP contribution >= 0.6 is 0 Å². The predicted molar refractivity (Wildman–Crippen MR) is 77.8 cm³/mol. The largest absolute Gasteiger partial charge is 0.383 e. The molecule has 0 amide bonds. The molecule has 5 nitrogen and oxygen atoms in total. The van der Waals surface area contributed by atoms with Crippen LogP contribution in [0.5, 0.6) is 0 Å². The lowest BCUT2D eigenvalue weighted by Gasteiger charge is -2.16. The first kappa shape index (κ1) is 16.0. The zero-order valence-electron chi connectivity index (χ0n) is 12.6. The zero-order chi connectivity index (χ0) is 14.1. The molecule has 0 radical (unpaired) electrons. The first-order valence-electron chi connectivity index (χ1n) is 7.05. The lowest BCUT2D eigenvalue weighted by molar-refractivity contribution is 0.140. The molecule has 1 aromatic heterocycles. The van der Waals surface area contributed by atoms with Crippen molar-refractivity contribution in [1.82, 2.24) is 9.55 Å². The van der Waals surface area contributed by atoms with Gasteiger partial charge in [-0.2, -0.15) is 0 Å². The second-order valence-electron chi connectivity index (χ2n) is 4.81. The molecule has 0 aliphatic rings. The summed E-state index contributed by atoms with van der Waals surface area (Å²) in [5.74, 6) is 0.890. The molecule has 1 atom stereocenters. The van der Waals surface area contributed by atoms with Gasteiger partial charge in [-0.3, -0.25) is 0 Å². The molecule has 19 heavy (non-hydrogen) atoms. The van der Waals surface area contributed by atoms with Gasteiger partial charge in [0.05, 0.1) is 24.9 Å². The van der Waals surface area contributed by atoms with E-state index in [0.29, 0.717) is 13.2 Å². The maximum Gasteiger partial charge on any atom is 0.203 e. The average molecular weight is 269 g/mol. The van der Waals surface area contributed by atoms with E-state index in [1.54, 1.807) is 7.11 Å². The molecule has 1 unspecified atom stereocenters. The number of aromatic nitrogens is 2. The second-order valence-corrected chi connectivity index (χ2v) is 4.81. The van der Waals surface area contributed by atoms with E-state index in [4.69, 9.17) is 9.47 Å². The first-order chi connectivity index (χ1) is 9.19. The number of hydrogen-bond donors (Lipinski definition) is 1. The van der Waals surface area contributed by atoms with Crippen molar-refractivity contribution < 1.29 is 9.47 Å². The zero-order valence-corrected chi connectivity index (χ0v) is 12.6. The Morgan fingerprint density at radius 1 is 1.42 bits per heavy atom. The van der Waals surface area contributed by atoms with E-state index in [9.17, 15) is 0 Å². The number of anilines is 1. The van der Waals surface area contributed by atoms with Crippen LogP contribution in [-0.4, -0.2) is 43.0 Å². The Bertz CT molecular complexity index is 352. The number of aryl methyl sites for hydroxylation is 1. The first-order valence-corrected chi connectivity index (χ1v) is 7.05. The van der Waals surface area contributed by atoms with Crippen molar-refractivity contribution in [2.75, 3.05) is 38.8 Å². The van der Waals surface area contributed by atoms with Crippen LogP contribution in [0.2, 0.25) is 0 Å². The van der Waals surface area contributed by atoms with Crippen molar-refractivity contribution in [2.24, 2.45) is 0 Å². The number of nitrogens with one attached hydrogen (secondary N) is 1. The molecule has 1 heterocycles. The molecule has 110 valence electrons. The number of unbranched alkanes of at least 4 members (excludes halogenated alkanes) is 1. The van der Waals surface area contributed by atoms with Gasteiger partial charge < -0.3 is 19.4 Å². The van der Waals surface area contributed by atoms with E-state index < -0.39 is 0 Å². The minimum atomic E-state index is 0.273. The molecule has 0 aliphatic carbocycles. The molecule has 0 saturated carbocycles. The van der Waals surface area contributed by atoms with E-state index in [1.165, 1.54) is 6.42 Å². The quantitative estimate of drug-likeness (QED) is 0.663. The molecule has 0 spiro atoms. The van der Waals surface area contributed by atoms with Crippen molar-refractivity contribution in [3.63, 3.8) is 0 Å². The smallest absolute Gasteiger partial charge is 0.203 e. The Labute approximate surface area is 116 Å². The molecule has 0 saturated heterocycles. The minimum Gasteiger partial charge on any atom is -0.383 e. The van der Waals surface area contributed by atoms with E-state index in [0.717, 1.165) is 31.2 Å². The van der Waals surface area contributed by atoms with E-state index >= 15 is 0 Å². The van der Waals surface area contributed by atoms with Crippen LogP contribution in [-0.2, 0) is 9.47 Å². The molecule has 1 aromatic rings. The molecular formula is C14H27N3O2. The number of nitrogens with zero attached hydrogens (tertiary/aromatic N) is 2. The summed E-state index contributed by atoms with van der Waals surface area (Å²) in [7, 11) is 1.72. The highest BCUT2D eigenvalue weighted by Gasteiger charge is 2.11. The van der Waals surface area contributed by atoms with Gasteiger partial charge in [0.25, 0.3) is 0 Å². The van der Waals surface area contributed by atoms with Gasteiger partial charge in [0, 0.05) is 26.5 Å². The lowest BCUT2D eigenvalue weighted by atomic mass is 10.3. The molecule has 1 rings (SSSR count). The fourth-order valence-electron chi connectivity index (χ4n) is 1.89. The van der Waals surface area contributed by atoms with Crippen molar-refractivity contribution in [1.29, 1.82) is 0 Å². The van der Waals surface area contributed by atoms with Crippen LogP contribution in [0.15, 0.2) is 6.20 Å². The van der Waals surface area contributed by atoms with Crippen LogP contribution in [0.3, 0.4) is 0 Å². The number of rotatable bonds is 10. The Balaban J connectivity index is 2.40. The van der Waals surface area contributed by atoms with Gasteiger partial charge >= 0.3 is 0 Å². The summed E-state index contributed by atoms with van der Waals surface area (Å²) in [4.78, 5) is 4.49. The van der Waals surface area contributed by atoms with Crippen molar-refractivity contribution >= 4 is 5.95 Å². The highest BCUT2D eigenvalue weighted by atomic mass is 16.5. The average Bonchev–Trinajstić information content (AvgIpc) is 2.75. The monoisotopic (exact) mass is 269 g/mol. The SMILES string of the molecule is CCCCOCCNc1nc(C)cn1C(C)COC. The normalized spacial score (nSPS) is 12.6. The Hall–Kier alpha value is -1.07. The third-order valence-electron chi connectivity index (χ3n) is 2.91. The summed E-state index contributed by atoms with van der Waals surface area (Å²) in [5, 5.41) is 3.32. The van der Waals surface area contributed by atoms with E-state index in [1.807, 2.05) is 13.1 Å². The maximum atomic E-state index is 5.53. The molecule has 5 heteroatoms. The third kappa shape index (κ3) is 5.61. The van der Waals surface area contributed by atoms with Gasteiger partial charge in [-0.1, -0.05) is 13.3 Å². The molecule has 0 aliphatic heterocycles. The molecule has 0 aromatic carbocycles. The summed E-state index contributed by atoms with van der Waals surface area (Å²) in [6, 6.07) is 0.273. The van der Waals surface area contributed by atoms with Gasteiger partial charge in [-0.15, -0.1) is 0 Å². The molecular weight excluding hydrogens is 242 g/mol. The number of methoxy groups -OCH3 is 1. The summed E-state index contributed by atoms with van der Waals surface area (Å²) < 4.78 is 12.8. The summed E-state index contributed by atoms with van der Waals surface area (Å²) >= 11 is 0. The van der Waals surface area contributed by atoms with E-state index in [-0.39, 0.29) is 6.04 Å². The van der Waals surface area contributed by atoms with Crippen LogP contribution < -0.4 is 5.32 Å². The number of ether oxygens (including phenoxy) is 2. The molecule has 0 fully saturated rings. The van der Waals surface area contributed by atoms with Crippen LogP contribution in [0.1, 0.15) is 38.4 Å². The fraction of sp³-hybridized carbons (Fsp3) is 0.786. The van der Waals surface area contributed by atoms with Gasteiger partial charge in [-0.05, 0) is 20.3 Å². The van der Waals surface area contributed by atoms with Crippen LogP contribution in [0, 0.1) is 6.92 Å². The lowest BCUT2D eigenvalue weighted by Crippen LogP contribution is -2.17. The third-order valence-corrected chi connectivity index (χ3v) is 2.91. The predicted octanol–water partition coefficient (Wildman–Crippen LogP) is 2.63. The van der Waals surface area contributed by atoms with Gasteiger partial charge in [-0.25, -0.2) is 4.98 Å². The van der Waals surface area contributed by atoms with Crippen molar-refractivity contribution in [2.45, 2.75) is 39.7 Å². The topological polar surface area (TPSA) is 48.3 Å². The summed E-state index contributed by atoms with van der Waals surface area (Å²) in [6.07, 6.45) is 4.34. The highest BCUT2D eigenvalue weighted by molar-refractivity contribution is 5.29. The minimum absolute atomic E-state index is 0.273. The van der Waals surface area contributed by atoms with Gasteiger partial charge in [0.2, 0.25) is 5.95 Å². The number of imidazole rings is 1. The second kappa shape index (κ2) is 8.93. The van der Waals surface area contributed by atoms with Gasteiger partial charge in [0.1, 0.15) is 0 Å².